The van der Waals surface area contributed by atoms with Crippen LogP contribution in [0, 0.1) is 0 Å². The first-order chi connectivity index (χ1) is 19.1. The molecular weight excluding hydrogens is 494 g/mol. The highest BCUT2D eigenvalue weighted by Crippen LogP contribution is 2.40. The summed E-state index contributed by atoms with van der Waals surface area (Å²) in [5, 5.41) is 4.30. The molecule has 2 heterocycles. The number of anilines is 4. The molecule has 0 fully saturated rings. The Kier molecular flexibility index (Phi) is 7.58. The largest absolute Gasteiger partial charge is 0.497 e. The normalized spacial score (nSPS) is 10.7. The van der Waals surface area contributed by atoms with Crippen LogP contribution >= 0.6 is 0 Å². The average Bonchev–Trinajstić information content (AvgIpc) is 2.99. The van der Waals surface area contributed by atoms with Gasteiger partial charge in [-0.2, -0.15) is 4.98 Å². The highest BCUT2D eigenvalue weighted by Gasteiger charge is 2.17. The van der Waals surface area contributed by atoms with Crippen molar-refractivity contribution in [3.05, 3.63) is 90.8 Å². The third-order valence-corrected chi connectivity index (χ3v) is 6.23. The molecule has 0 saturated heterocycles. The molecule has 0 radical (unpaired) electrons. The van der Waals surface area contributed by atoms with Crippen molar-refractivity contribution in [1.29, 1.82) is 0 Å². The van der Waals surface area contributed by atoms with Crippen molar-refractivity contribution < 1.29 is 18.9 Å². The molecule has 0 aliphatic rings. The molecule has 0 atom stereocenters. The number of rotatable bonds is 10. The maximum Gasteiger partial charge on any atom is 0.229 e. The molecule has 0 saturated carbocycles. The summed E-state index contributed by atoms with van der Waals surface area (Å²) in [7, 11) is 6.38. The summed E-state index contributed by atoms with van der Waals surface area (Å²) in [5.41, 5.74) is 3.61. The summed E-state index contributed by atoms with van der Waals surface area (Å²) in [6.07, 6.45) is 3.58. The SMILES string of the molecule is COc1ccc(CN(c2cnc3ccccc3c2)c2ccnc(Nc3cc(OC)c(OC)c(OC)c3)n2)cc1. The van der Waals surface area contributed by atoms with E-state index < -0.39 is 0 Å². The van der Waals surface area contributed by atoms with Gasteiger partial charge in [0.05, 0.1) is 45.8 Å². The van der Waals surface area contributed by atoms with Crippen molar-refractivity contribution in [2.45, 2.75) is 6.54 Å². The van der Waals surface area contributed by atoms with Crippen LogP contribution in [-0.4, -0.2) is 43.4 Å². The van der Waals surface area contributed by atoms with Gasteiger partial charge in [-0.1, -0.05) is 30.3 Å². The van der Waals surface area contributed by atoms with E-state index in [-0.39, 0.29) is 0 Å². The lowest BCUT2D eigenvalue weighted by Gasteiger charge is -2.24. The number of nitrogens with one attached hydrogen (secondary N) is 1. The van der Waals surface area contributed by atoms with Crippen LogP contribution in [0.1, 0.15) is 5.56 Å². The molecule has 3 aromatic carbocycles. The Morgan fingerprint density at radius 3 is 2.21 bits per heavy atom. The van der Waals surface area contributed by atoms with Gasteiger partial charge in [0.15, 0.2) is 11.5 Å². The van der Waals surface area contributed by atoms with Crippen molar-refractivity contribution in [2.75, 3.05) is 38.7 Å². The van der Waals surface area contributed by atoms with E-state index in [2.05, 4.69) is 32.3 Å². The van der Waals surface area contributed by atoms with E-state index in [0.717, 1.165) is 27.9 Å². The van der Waals surface area contributed by atoms with Crippen LogP contribution in [0.4, 0.5) is 23.1 Å². The number of methoxy groups -OCH3 is 4. The minimum absolute atomic E-state index is 0.412. The third-order valence-electron chi connectivity index (χ3n) is 6.23. The van der Waals surface area contributed by atoms with Crippen molar-refractivity contribution >= 4 is 34.0 Å². The molecular formula is C30H29N5O4. The molecule has 1 N–H and O–H groups in total. The average molecular weight is 524 g/mol. The van der Waals surface area contributed by atoms with Gasteiger partial charge in [0.25, 0.3) is 0 Å². The lowest BCUT2D eigenvalue weighted by atomic mass is 10.1. The summed E-state index contributed by atoms with van der Waals surface area (Å²) in [6, 6.07) is 23.6. The predicted octanol–water partition coefficient (Wildman–Crippen LogP) is 6.14. The minimum Gasteiger partial charge on any atom is -0.497 e. The lowest BCUT2D eigenvalue weighted by Crippen LogP contribution is -2.18. The smallest absolute Gasteiger partial charge is 0.229 e. The summed E-state index contributed by atoms with van der Waals surface area (Å²) >= 11 is 0. The fourth-order valence-electron chi connectivity index (χ4n) is 4.27. The molecule has 198 valence electrons. The molecule has 39 heavy (non-hydrogen) atoms. The molecule has 9 nitrogen and oxygen atoms in total. The molecule has 0 aliphatic heterocycles. The van der Waals surface area contributed by atoms with Crippen LogP contribution in [0.15, 0.2) is 85.2 Å². The molecule has 0 unspecified atom stereocenters. The zero-order valence-corrected chi connectivity index (χ0v) is 22.2. The van der Waals surface area contributed by atoms with E-state index in [0.29, 0.717) is 41.2 Å². The molecule has 0 amide bonds. The second kappa shape index (κ2) is 11.6. The van der Waals surface area contributed by atoms with Crippen molar-refractivity contribution in [3.63, 3.8) is 0 Å². The minimum atomic E-state index is 0.412. The molecule has 0 aliphatic carbocycles. The number of benzene rings is 3. The number of para-hydroxylation sites is 1. The van der Waals surface area contributed by atoms with E-state index in [4.69, 9.17) is 23.9 Å². The van der Waals surface area contributed by atoms with E-state index >= 15 is 0 Å². The van der Waals surface area contributed by atoms with Gasteiger partial charge in [0.2, 0.25) is 11.7 Å². The van der Waals surface area contributed by atoms with Gasteiger partial charge in [-0.05, 0) is 35.9 Å². The van der Waals surface area contributed by atoms with Gasteiger partial charge in [0.1, 0.15) is 11.6 Å². The molecule has 5 rings (SSSR count). The third kappa shape index (κ3) is 5.62. The van der Waals surface area contributed by atoms with Crippen molar-refractivity contribution in [1.82, 2.24) is 15.0 Å². The molecule has 0 bridgehead atoms. The Bertz CT molecular complexity index is 1550. The van der Waals surface area contributed by atoms with Crippen molar-refractivity contribution in [3.8, 4) is 23.0 Å². The Hall–Kier alpha value is -5.05. The quantitative estimate of drug-likeness (QED) is 0.232. The number of hydrogen-bond donors (Lipinski definition) is 1. The van der Waals surface area contributed by atoms with E-state index in [1.165, 1.54) is 0 Å². The van der Waals surface area contributed by atoms with Gasteiger partial charge in [-0.25, -0.2) is 4.98 Å². The molecule has 0 spiro atoms. The predicted molar refractivity (Wildman–Crippen MR) is 152 cm³/mol. The molecule has 2 aromatic heterocycles. The van der Waals surface area contributed by atoms with Gasteiger partial charge >= 0.3 is 0 Å². The molecule has 5 aromatic rings. The highest BCUT2D eigenvalue weighted by molar-refractivity contribution is 5.82. The van der Waals surface area contributed by atoms with E-state index in [1.807, 2.05) is 54.7 Å². The van der Waals surface area contributed by atoms with Crippen molar-refractivity contribution in [2.24, 2.45) is 0 Å². The first-order valence-electron chi connectivity index (χ1n) is 12.3. The van der Waals surface area contributed by atoms with Gasteiger partial charge in [-0.3, -0.25) is 4.98 Å². The summed E-state index contributed by atoms with van der Waals surface area (Å²) in [4.78, 5) is 16.1. The fourth-order valence-corrected chi connectivity index (χ4v) is 4.27. The van der Waals surface area contributed by atoms with Crippen LogP contribution in [0.5, 0.6) is 23.0 Å². The maximum atomic E-state index is 5.48. The first-order valence-corrected chi connectivity index (χ1v) is 12.3. The van der Waals surface area contributed by atoms with Gasteiger partial charge in [0, 0.05) is 35.9 Å². The number of fused-ring (bicyclic) bond motifs is 1. The number of hydrogen-bond acceptors (Lipinski definition) is 9. The number of aromatic nitrogens is 3. The Labute approximate surface area is 227 Å². The number of ether oxygens (including phenoxy) is 4. The zero-order valence-electron chi connectivity index (χ0n) is 22.2. The molecule has 9 heteroatoms. The van der Waals surface area contributed by atoms with Crippen LogP contribution in [0.3, 0.4) is 0 Å². The Balaban J connectivity index is 1.52. The summed E-state index contributed by atoms with van der Waals surface area (Å²) < 4.78 is 21.7. The van der Waals surface area contributed by atoms with E-state index in [9.17, 15) is 0 Å². The second-order valence-corrected chi connectivity index (χ2v) is 8.60. The standard InChI is InChI=1S/C30H29N5O4/c1-36-24-11-9-20(10-12-24)19-35(23-15-21-7-5-6-8-25(21)32-18-23)28-13-14-31-30(34-28)33-22-16-26(37-2)29(39-4)27(17-22)38-3/h5-18H,19H2,1-4H3,(H,31,33,34). The maximum absolute atomic E-state index is 5.48. The number of nitrogens with zero attached hydrogens (tertiary/aromatic N) is 4. The van der Waals surface area contributed by atoms with Crippen LogP contribution < -0.4 is 29.2 Å². The van der Waals surface area contributed by atoms with Gasteiger partial charge < -0.3 is 29.2 Å². The zero-order chi connectivity index (χ0) is 27.2. The topological polar surface area (TPSA) is 90.9 Å². The van der Waals surface area contributed by atoms with Crippen LogP contribution in [0.2, 0.25) is 0 Å². The first kappa shape index (κ1) is 25.6. The second-order valence-electron chi connectivity index (χ2n) is 8.60. The Morgan fingerprint density at radius 2 is 1.51 bits per heavy atom. The van der Waals surface area contributed by atoms with Gasteiger partial charge in [-0.15, -0.1) is 0 Å². The van der Waals surface area contributed by atoms with Crippen LogP contribution in [0.25, 0.3) is 10.9 Å². The van der Waals surface area contributed by atoms with Crippen LogP contribution in [-0.2, 0) is 6.54 Å². The lowest BCUT2D eigenvalue weighted by molar-refractivity contribution is 0.324. The van der Waals surface area contributed by atoms with E-state index in [1.54, 1.807) is 46.8 Å². The highest BCUT2D eigenvalue weighted by atomic mass is 16.5. The summed E-state index contributed by atoms with van der Waals surface area (Å²) in [6.45, 7) is 0.560. The number of pyridine rings is 1. The fraction of sp³-hybridized carbons (Fsp3) is 0.167. The monoisotopic (exact) mass is 523 g/mol. The Morgan fingerprint density at radius 1 is 0.769 bits per heavy atom. The summed E-state index contributed by atoms with van der Waals surface area (Å²) in [5.74, 6) is 3.48.